The van der Waals surface area contributed by atoms with Crippen molar-refractivity contribution >= 4 is 11.9 Å². The lowest BCUT2D eigenvalue weighted by Gasteiger charge is -2.22. The topological polar surface area (TPSA) is 116 Å². The Kier molecular flexibility index (Phi) is 3.82. The number of esters is 1. The Labute approximate surface area is 98.2 Å². The molecule has 0 bridgehead atoms. The molecule has 0 radical (unpaired) electrons. The molecule has 0 aliphatic carbocycles. The highest BCUT2D eigenvalue weighted by Crippen LogP contribution is 2.09. The van der Waals surface area contributed by atoms with Gasteiger partial charge >= 0.3 is 11.9 Å². The quantitative estimate of drug-likeness (QED) is 0.509. The van der Waals surface area contributed by atoms with Crippen molar-refractivity contribution < 1.29 is 19.4 Å². The van der Waals surface area contributed by atoms with E-state index in [-0.39, 0.29) is 17.7 Å². The molecular weight excluding hydrogens is 224 g/mol. The Hall–Kier alpha value is -1.92. The summed E-state index contributed by atoms with van der Waals surface area (Å²) in [6.45, 7) is 1.47. The van der Waals surface area contributed by atoms with Gasteiger partial charge in [0.1, 0.15) is 0 Å². The number of ether oxygens (including phenoxy) is 1. The molecule has 1 rings (SSSR count). The second-order valence-electron chi connectivity index (χ2n) is 3.79. The summed E-state index contributed by atoms with van der Waals surface area (Å²) in [7, 11) is 0. The zero-order valence-corrected chi connectivity index (χ0v) is 9.34. The first kappa shape index (κ1) is 13.1. The lowest BCUT2D eigenvalue weighted by molar-refractivity contribution is -0.00245. The van der Waals surface area contributed by atoms with Gasteiger partial charge < -0.3 is 15.6 Å². The summed E-state index contributed by atoms with van der Waals surface area (Å²) in [5.41, 5.74) is 9.97. The second-order valence-corrected chi connectivity index (χ2v) is 3.79. The molecule has 1 aromatic carbocycles. The average Bonchev–Trinajstić information content (AvgIpc) is 2.28. The number of benzene rings is 1. The minimum atomic E-state index is -1.23. The molecule has 0 amide bonds. The first-order chi connectivity index (χ1) is 7.85. The maximum Gasteiger partial charge on any atom is 0.339 e. The van der Waals surface area contributed by atoms with Crippen molar-refractivity contribution in [3.05, 3.63) is 35.4 Å². The van der Waals surface area contributed by atoms with Gasteiger partial charge in [-0.25, -0.2) is 9.59 Å². The van der Waals surface area contributed by atoms with Crippen LogP contribution in [0.2, 0.25) is 0 Å². The monoisotopic (exact) mass is 238 g/mol. The number of nitrogens with two attached hydrogens (primary N) is 2. The number of carboxylic acids is 1. The molecule has 0 saturated heterocycles. The summed E-state index contributed by atoms with van der Waals surface area (Å²) < 4.78 is 4.94. The molecule has 0 fully saturated rings. The van der Waals surface area contributed by atoms with Crippen molar-refractivity contribution in [2.24, 2.45) is 11.5 Å². The zero-order chi connectivity index (χ0) is 13.1. The first-order valence-corrected chi connectivity index (χ1v) is 4.91. The predicted octanol–water partition coefficient (Wildman–Crippen LogP) is 0.175. The highest BCUT2D eigenvalue weighted by molar-refractivity contribution is 5.92. The van der Waals surface area contributed by atoms with Crippen molar-refractivity contribution in [2.75, 3.05) is 6.54 Å². The Morgan fingerprint density at radius 1 is 1.29 bits per heavy atom. The van der Waals surface area contributed by atoms with E-state index in [9.17, 15) is 9.59 Å². The highest BCUT2D eigenvalue weighted by atomic mass is 16.6. The molecule has 0 aliphatic rings. The first-order valence-electron chi connectivity index (χ1n) is 4.91. The fourth-order valence-corrected chi connectivity index (χ4v) is 1.06. The van der Waals surface area contributed by atoms with E-state index in [0.717, 1.165) is 0 Å². The average molecular weight is 238 g/mol. The molecule has 6 nitrogen and oxygen atoms in total. The lowest BCUT2D eigenvalue weighted by atomic mass is 10.1. The van der Waals surface area contributed by atoms with Crippen LogP contribution in [0, 0.1) is 0 Å². The van der Waals surface area contributed by atoms with Gasteiger partial charge in [0.05, 0.1) is 11.1 Å². The minimum Gasteiger partial charge on any atom is -0.478 e. The van der Waals surface area contributed by atoms with E-state index in [1.165, 1.54) is 31.2 Å². The van der Waals surface area contributed by atoms with E-state index in [4.69, 9.17) is 21.3 Å². The van der Waals surface area contributed by atoms with E-state index in [0.29, 0.717) is 0 Å². The van der Waals surface area contributed by atoms with E-state index in [1.54, 1.807) is 0 Å². The molecule has 17 heavy (non-hydrogen) atoms. The van der Waals surface area contributed by atoms with Gasteiger partial charge in [-0.2, -0.15) is 0 Å². The van der Waals surface area contributed by atoms with Crippen molar-refractivity contribution in [3.63, 3.8) is 0 Å². The predicted molar refractivity (Wildman–Crippen MR) is 60.5 cm³/mol. The third kappa shape index (κ3) is 3.54. The minimum absolute atomic E-state index is 0.00799. The number of aromatic carboxylic acids is 1. The number of carbonyl (C=O) groups is 2. The summed E-state index contributed by atoms with van der Waals surface area (Å²) >= 11 is 0. The molecule has 6 heteroatoms. The number of carboxylic acid groups (broad SMARTS) is 1. The van der Waals surface area contributed by atoms with Gasteiger partial charge in [-0.1, -0.05) is 0 Å². The van der Waals surface area contributed by atoms with Crippen LogP contribution < -0.4 is 11.5 Å². The van der Waals surface area contributed by atoms with Gasteiger partial charge in [0.25, 0.3) is 0 Å². The molecule has 92 valence electrons. The van der Waals surface area contributed by atoms with Gasteiger partial charge in [-0.15, -0.1) is 0 Å². The summed E-state index contributed by atoms with van der Waals surface area (Å²) in [5.74, 6) is -1.70. The zero-order valence-electron chi connectivity index (χ0n) is 9.34. The van der Waals surface area contributed by atoms with Crippen LogP contribution >= 0.6 is 0 Å². The van der Waals surface area contributed by atoms with Crippen LogP contribution in [0.15, 0.2) is 24.3 Å². The molecule has 1 unspecified atom stereocenters. The fourth-order valence-electron chi connectivity index (χ4n) is 1.06. The molecule has 1 aromatic rings. The maximum absolute atomic E-state index is 11.6. The molecule has 1 atom stereocenters. The third-order valence-electron chi connectivity index (χ3n) is 2.10. The SMILES string of the molecule is CC(N)(CN)OC(=O)c1ccc(C(=O)O)cc1. The van der Waals surface area contributed by atoms with Crippen molar-refractivity contribution in [3.8, 4) is 0 Å². The molecular formula is C11H14N2O4. The summed E-state index contributed by atoms with van der Waals surface area (Å²) in [4.78, 5) is 22.2. The fraction of sp³-hybridized carbons (Fsp3) is 0.273. The van der Waals surface area contributed by atoms with E-state index in [2.05, 4.69) is 0 Å². The molecule has 0 aromatic heterocycles. The Morgan fingerprint density at radius 3 is 2.18 bits per heavy atom. The summed E-state index contributed by atoms with van der Waals surface area (Å²) in [6.07, 6.45) is 0. The van der Waals surface area contributed by atoms with Crippen LogP contribution in [0.4, 0.5) is 0 Å². The molecule has 5 N–H and O–H groups in total. The van der Waals surface area contributed by atoms with Crippen molar-refractivity contribution in [1.29, 1.82) is 0 Å². The highest BCUT2D eigenvalue weighted by Gasteiger charge is 2.22. The van der Waals surface area contributed by atoms with Crippen LogP contribution in [0.5, 0.6) is 0 Å². The van der Waals surface area contributed by atoms with E-state index >= 15 is 0 Å². The smallest absolute Gasteiger partial charge is 0.339 e. The van der Waals surface area contributed by atoms with Crippen LogP contribution in [-0.4, -0.2) is 29.3 Å². The lowest BCUT2D eigenvalue weighted by Crippen LogP contribution is -2.47. The van der Waals surface area contributed by atoms with Gasteiger partial charge in [0.15, 0.2) is 5.72 Å². The molecule has 0 heterocycles. The van der Waals surface area contributed by atoms with Gasteiger partial charge in [-0.3, -0.25) is 5.73 Å². The molecule has 0 saturated carbocycles. The Balaban J connectivity index is 2.80. The maximum atomic E-state index is 11.6. The van der Waals surface area contributed by atoms with Gasteiger partial charge in [0.2, 0.25) is 0 Å². The van der Waals surface area contributed by atoms with Crippen molar-refractivity contribution in [1.82, 2.24) is 0 Å². The van der Waals surface area contributed by atoms with Crippen LogP contribution in [-0.2, 0) is 4.74 Å². The number of rotatable bonds is 4. The Morgan fingerprint density at radius 2 is 1.76 bits per heavy atom. The summed E-state index contributed by atoms with van der Waals surface area (Å²) in [6, 6.07) is 5.35. The summed E-state index contributed by atoms with van der Waals surface area (Å²) in [5, 5.41) is 8.69. The number of hydrogen-bond donors (Lipinski definition) is 3. The normalized spacial score (nSPS) is 13.8. The van der Waals surface area contributed by atoms with Gasteiger partial charge in [-0.05, 0) is 31.2 Å². The van der Waals surface area contributed by atoms with Gasteiger partial charge in [0, 0.05) is 6.54 Å². The standard InChI is InChI=1S/C11H14N2O4/c1-11(13,6-12)17-10(16)8-4-2-7(3-5-8)9(14)15/h2-5H,6,12-13H2,1H3,(H,14,15). The second kappa shape index (κ2) is 4.94. The largest absolute Gasteiger partial charge is 0.478 e. The van der Waals surface area contributed by atoms with Crippen LogP contribution in [0.3, 0.4) is 0 Å². The molecule has 0 spiro atoms. The van der Waals surface area contributed by atoms with Crippen molar-refractivity contribution in [2.45, 2.75) is 12.6 Å². The van der Waals surface area contributed by atoms with E-state index in [1.807, 2.05) is 0 Å². The van der Waals surface area contributed by atoms with Crippen LogP contribution in [0.1, 0.15) is 27.6 Å². The third-order valence-corrected chi connectivity index (χ3v) is 2.10. The van der Waals surface area contributed by atoms with Crippen LogP contribution in [0.25, 0.3) is 0 Å². The number of hydrogen-bond acceptors (Lipinski definition) is 5. The number of carbonyl (C=O) groups excluding carboxylic acids is 1. The Bertz CT molecular complexity index is 426. The molecule has 0 aliphatic heterocycles. The van der Waals surface area contributed by atoms with E-state index < -0.39 is 17.7 Å².